The molecule has 110 valence electrons. The summed E-state index contributed by atoms with van der Waals surface area (Å²) in [6, 6.07) is 6.32. The zero-order valence-electron chi connectivity index (χ0n) is 11.9. The molecule has 2 aliphatic rings. The molecule has 0 radical (unpaired) electrons. The zero-order valence-corrected chi connectivity index (χ0v) is 12.7. The van der Waals surface area contributed by atoms with Crippen LogP contribution >= 0.6 is 11.3 Å². The maximum Gasteiger partial charge on any atom is 0.115 e. The third-order valence-electron chi connectivity index (χ3n) is 4.53. The molecule has 2 aliphatic heterocycles. The highest BCUT2D eigenvalue weighted by atomic mass is 32.1. The van der Waals surface area contributed by atoms with E-state index in [1.54, 1.807) is 12.5 Å². The molecular formula is C16H19N3OS. The van der Waals surface area contributed by atoms with Crippen LogP contribution < -0.4 is 0 Å². The first-order valence-electron chi connectivity index (χ1n) is 7.54. The van der Waals surface area contributed by atoms with Gasteiger partial charge in [-0.25, -0.2) is 9.97 Å². The van der Waals surface area contributed by atoms with Gasteiger partial charge in [-0.1, -0.05) is 6.07 Å². The Morgan fingerprint density at radius 3 is 3.19 bits per heavy atom. The fraction of sp³-hybridized carbons (Fsp3) is 0.500. The molecule has 21 heavy (non-hydrogen) atoms. The Morgan fingerprint density at radius 2 is 2.38 bits per heavy atom. The topological polar surface area (TPSA) is 38.2 Å². The van der Waals surface area contributed by atoms with Crippen molar-refractivity contribution in [2.75, 3.05) is 13.1 Å². The summed E-state index contributed by atoms with van der Waals surface area (Å²) in [5.41, 5.74) is 1.03. The predicted octanol–water partition coefficient (Wildman–Crippen LogP) is 2.89. The van der Waals surface area contributed by atoms with Crippen LogP contribution in [0.3, 0.4) is 0 Å². The molecule has 2 aromatic rings. The summed E-state index contributed by atoms with van der Waals surface area (Å²) in [7, 11) is 0. The van der Waals surface area contributed by atoms with Gasteiger partial charge in [0.15, 0.2) is 0 Å². The van der Waals surface area contributed by atoms with E-state index in [2.05, 4.69) is 32.4 Å². The number of nitrogens with zero attached hydrogens (tertiary/aromatic N) is 3. The smallest absolute Gasteiger partial charge is 0.115 e. The van der Waals surface area contributed by atoms with E-state index >= 15 is 0 Å². The maximum atomic E-state index is 6.27. The van der Waals surface area contributed by atoms with E-state index in [0.29, 0.717) is 12.0 Å². The molecule has 4 rings (SSSR count). The minimum absolute atomic E-state index is 0.157. The lowest BCUT2D eigenvalue weighted by molar-refractivity contribution is -0.0104. The lowest BCUT2D eigenvalue weighted by Crippen LogP contribution is -2.41. The number of aromatic nitrogens is 2. The van der Waals surface area contributed by atoms with Crippen LogP contribution in [-0.4, -0.2) is 34.1 Å². The molecule has 0 amide bonds. The van der Waals surface area contributed by atoms with E-state index in [4.69, 9.17) is 4.74 Å². The van der Waals surface area contributed by atoms with Crippen molar-refractivity contribution < 1.29 is 4.74 Å². The first-order valence-corrected chi connectivity index (χ1v) is 8.42. The predicted molar refractivity (Wildman–Crippen MR) is 82.0 cm³/mol. The summed E-state index contributed by atoms with van der Waals surface area (Å²) in [6.07, 6.45) is 6.27. The molecule has 0 saturated carbocycles. The second-order valence-electron chi connectivity index (χ2n) is 5.90. The van der Waals surface area contributed by atoms with E-state index in [9.17, 15) is 0 Å². The highest BCUT2D eigenvalue weighted by Gasteiger charge is 2.39. The summed E-state index contributed by atoms with van der Waals surface area (Å²) in [5.74, 6) is 0.685. The second kappa shape index (κ2) is 5.83. The van der Waals surface area contributed by atoms with Gasteiger partial charge in [0.25, 0.3) is 0 Å². The molecule has 0 aromatic carbocycles. The largest absolute Gasteiger partial charge is 0.367 e. The van der Waals surface area contributed by atoms with Crippen molar-refractivity contribution in [1.82, 2.24) is 14.9 Å². The van der Waals surface area contributed by atoms with Crippen molar-refractivity contribution in [2.24, 2.45) is 5.92 Å². The molecule has 0 spiro atoms. The van der Waals surface area contributed by atoms with Gasteiger partial charge in [0.05, 0.1) is 11.8 Å². The van der Waals surface area contributed by atoms with Crippen molar-refractivity contribution in [2.45, 2.75) is 31.6 Å². The van der Waals surface area contributed by atoms with Crippen molar-refractivity contribution in [3.05, 3.63) is 46.7 Å². The number of hydrogen-bond acceptors (Lipinski definition) is 5. The average molecular weight is 301 g/mol. The third kappa shape index (κ3) is 2.86. The summed E-state index contributed by atoms with van der Waals surface area (Å²) >= 11 is 1.84. The van der Waals surface area contributed by atoms with E-state index < -0.39 is 0 Å². The van der Waals surface area contributed by atoms with Crippen molar-refractivity contribution in [3.8, 4) is 0 Å². The molecule has 3 atom stereocenters. The van der Waals surface area contributed by atoms with Gasteiger partial charge >= 0.3 is 0 Å². The highest BCUT2D eigenvalue weighted by molar-refractivity contribution is 7.09. The van der Waals surface area contributed by atoms with Crippen LogP contribution in [0.15, 0.2) is 36.1 Å². The van der Waals surface area contributed by atoms with Crippen LogP contribution in [0.5, 0.6) is 0 Å². The molecule has 0 N–H and O–H groups in total. The molecule has 0 bridgehead atoms. The van der Waals surface area contributed by atoms with Crippen LogP contribution in [0.4, 0.5) is 0 Å². The second-order valence-corrected chi connectivity index (χ2v) is 6.93. The molecule has 4 heterocycles. The molecule has 2 fully saturated rings. The van der Waals surface area contributed by atoms with Crippen molar-refractivity contribution in [1.29, 1.82) is 0 Å². The highest BCUT2D eigenvalue weighted by Crippen LogP contribution is 2.40. The number of likely N-dealkylation sites (tertiary alicyclic amines) is 1. The first-order chi connectivity index (χ1) is 10.4. The molecule has 2 aromatic heterocycles. The molecule has 5 heteroatoms. The summed E-state index contributed by atoms with van der Waals surface area (Å²) in [5, 5.41) is 2.15. The van der Waals surface area contributed by atoms with Crippen LogP contribution in [0, 0.1) is 5.92 Å². The molecular weight excluding hydrogens is 282 g/mol. The van der Waals surface area contributed by atoms with Gasteiger partial charge in [0, 0.05) is 24.2 Å². The number of ether oxygens (including phenoxy) is 1. The minimum atomic E-state index is 0.157. The SMILES string of the molecule is c1csc(CN2CC[C@H]3C[C@@H](c4ccncn4)O[C@@H]3C2)c1. The van der Waals surface area contributed by atoms with Gasteiger partial charge in [-0.15, -0.1) is 11.3 Å². The standard InChI is InChI=1S/C16H19N3OS/c1-2-13(21-7-1)9-19-6-4-12-8-15(20-16(12)10-19)14-3-5-17-11-18-14/h1-3,5,7,11-12,15-16H,4,6,8-10H2/t12-,15-,16+/m0/s1. The summed E-state index contributed by atoms with van der Waals surface area (Å²) in [4.78, 5) is 12.3. The minimum Gasteiger partial charge on any atom is -0.367 e. The number of hydrogen-bond donors (Lipinski definition) is 0. The van der Waals surface area contributed by atoms with Gasteiger partial charge in [-0.2, -0.15) is 0 Å². The van der Waals surface area contributed by atoms with Crippen LogP contribution in [0.25, 0.3) is 0 Å². The van der Waals surface area contributed by atoms with Crippen LogP contribution in [-0.2, 0) is 11.3 Å². The van der Waals surface area contributed by atoms with E-state index in [1.165, 1.54) is 17.8 Å². The fourth-order valence-electron chi connectivity index (χ4n) is 3.44. The van der Waals surface area contributed by atoms with Crippen molar-refractivity contribution >= 4 is 11.3 Å². The summed E-state index contributed by atoms with van der Waals surface area (Å²) < 4.78 is 6.27. The Morgan fingerprint density at radius 1 is 1.38 bits per heavy atom. The van der Waals surface area contributed by atoms with Gasteiger partial charge in [-0.3, -0.25) is 4.90 Å². The van der Waals surface area contributed by atoms with Crippen molar-refractivity contribution in [3.63, 3.8) is 0 Å². The van der Waals surface area contributed by atoms with Gasteiger partial charge in [0.2, 0.25) is 0 Å². The fourth-order valence-corrected chi connectivity index (χ4v) is 4.19. The molecule has 4 nitrogen and oxygen atoms in total. The van der Waals surface area contributed by atoms with Gasteiger partial charge in [-0.05, 0) is 42.8 Å². The Balaban J connectivity index is 1.40. The molecule has 2 saturated heterocycles. The van der Waals surface area contributed by atoms with Gasteiger partial charge in [0.1, 0.15) is 12.4 Å². The van der Waals surface area contributed by atoms with E-state index in [0.717, 1.165) is 25.2 Å². The number of piperidine rings is 1. The lowest BCUT2D eigenvalue weighted by atomic mass is 9.91. The van der Waals surface area contributed by atoms with E-state index in [1.807, 2.05) is 17.4 Å². The Labute approximate surface area is 128 Å². The molecule has 0 aliphatic carbocycles. The quantitative estimate of drug-likeness (QED) is 0.874. The zero-order chi connectivity index (χ0) is 14.1. The Hall–Kier alpha value is -1.30. The van der Waals surface area contributed by atoms with Crippen LogP contribution in [0.2, 0.25) is 0 Å². The first kappa shape index (κ1) is 13.4. The lowest BCUT2D eigenvalue weighted by Gasteiger charge is -2.33. The van der Waals surface area contributed by atoms with Gasteiger partial charge < -0.3 is 4.74 Å². The molecule has 0 unspecified atom stereocenters. The normalized spacial score (nSPS) is 29.4. The number of fused-ring (bicyclic) bond motifs is 1. The van der Waals surface area contributed by atoms with E-state index in [-0.39, 0.29) is 6.10 Å². The number of rotatable bonds is 3. The Bertz CT molecular complexity index is 574. The number of thiophene rings is 1. The monoisotopic (exact) mass is 301 g/mol. The Kier molecular flexibility index (Phi) is 3.71. The van der Waals surface area contributed by atoms with Crippen LogP contribution in [0.1, 0.15) is 29.5 Å². The average Bonchev–Trinajstić information content (AvgIpc) is 3.17. The summed E-state index contributed by atoms with van der Waals surface area (Å²) in [6.45, 7) is 3.28. The maximum absolute atomic E-state index is 6.27. The third-order valence-corrected chi connectivity index (χ3v) is 5.39.